The second-order valence-corrected chi connectivity index (χ2v) is 6.53. The molecular formula is C12H27N2+. The highest BCUT2D eigenvalue weighted by molar-refractivity contribution is 4.87. The first-order chi connectivity index (χ1) is 6.12. The van der Waals surface area contributed by atoms with Crippen LogP contribution in [0, 0.1) is 0 Å². The Hall–Kier alpha value is -0.0800. The lowest BCUT2D eigenvalue weighted by atomic mass is 10.0. The summed E-state index contributed by atoms with van der Waals surface area (Å²) >= 11 is 0. The third-order valence-corrected chi connectivity index (χ3v) is 4.17. The fourth-order valence-electron chi connectivity index (χ4n) is 2.23. The van der Waals surface area contributed by atoms with Crippen molar-refractivity contribution < 1.29 is 4.48 Å². The van der Waals surface area contributed by atoms with E-state index in [1.165, 1.54) is 24.2 Å². The van der Waals surface area contributed by atoms with E-state index in [9.17, 15) is 0 Å². The molecule has 14 heavy (non-hydrogen) atoms. The molecule has 0 aromatic carbocycles. The number of rotatable bonds is 1. The average molecular weight is 199 g/mol. The van der Waals surface area contributed by atoms with Gasteiger partial charge in [-0.3, -0.25) is 0 Å². The van der Waals surface area contributed by atoms with Gasteiger partial charge < -0.3 is 4.48 Å². The van der Waals surface area contributed by atoms with Crippen LogP contribution in [0.1, 0.15) is 41.5 Å². The SMILES string of the molecule is CC[N@@+]1(C)CN(C(C)(C)C)CC1(C)C. The van der Waals surface area contributed by atoms with E-state index in [1.54, 1.807) is 0 Å². The molecule has 1 heterocycles. The molecule has 1 aliphatic rings. The molecule has 0 N–H and O–H groups in total. The van der Waals surface area contributed by atoms with E-state index < -0.39 is 0 Å². The lowest BCUT2D eigenvalue weighted by Crippen LogP contribution is -2.55. The molecule has 1 rings (SSSR count). The summed E-state index contributed by atoms with van der Waals surface area (Å²) in [6.07, 6.45) is 0. The Balaban J connectivity index is 2.87. The molecule has 2 heteroatoms. The normalized spacial score (nSPS) is 33.6. The van der Waals surface area contributed by atoms with Gasteiger partial charge >= 0.3 is 0 Å². The van der Waals surface area contributed by atoms with Crippen molar-refractivity contribution in [1.82, 2.24) is 4.90 Å². The van der Waals surface area contributed by atoms with Gasteiger partial charge in [0.05, 0.1) is 20.1 Å². The molecule has 2 nitrogen and oxygen atoms in total. The van der Waals surface area contributed by atoms with Crippen LogP contribution in [0.5, 0.6) is 0 Å². The Morgan fingerprint density at radius 2 is 1.79 bits per heavy atom. The molecule has 0 bridgehead atoms. The molecule has 0 aromatic heterocycles. The molecule has 0 aliphatic carbocycles. The van der Waals surface area contributed by atoms with Crippen molar-refractivity contribution >= 4 is 0 Å². The van der Waals surface area contributed by atoms with Crippen LogP contribution in [-0.4, -0.2) is 47.3 Å². The molecule has 1 saturated heterocycles. The monoisotopic (exact) mass is 199 g/mol. The second kappa shape index (κ2) is 3.21. The summed E-state index contributed by atoms with van der Waals surface area (Å²) in [6, 6.07) is 0. The van der Waals surface area contributed by atoms with Crippen LogP contribution in [0.4, 0.5) is 0 Å². The first-order valence-electron chi connectivity index (χ1n) is 5.72. The highest BCUT2D eigenvalue weighted by Gasteiger charge is 2.50. The van der Waals surface area contributed by atoms with E-state index in [0.29, 0.717) is 11.1 Å². The summed E-state index contributed by atoms with van der Waals surface area (Å²) in [7, 11) is 2.38. The predicted octanol–water partition coefficient (Wildman–Crippen LogP) is 2.30. The first-order valence-corrected chi connectivity index (χ1v) is 5.72. The Kier molecular flexibility index (Phi) is 2.75. The summed E-state index contributed by atoms with van der Waals surface area (Å²) in [4.78, 5) is 2.61. The zero-order chi connectivity index (χ0) is 11.2. The Morgan fingerprint density at radius 1 is 1.29 bits per heavy atom. The van der Waals surface area contributed by atoms with Crippen molar-refractivity contribution in [3.63, 3.8) is 0 Å². The number of hydrogen-bond donors (Lipinski definition) is 0. The van der Waals surface area contributed by atoms with E-state index in [0.717, 1.165) is 0 Å². The van der Waals surface area contributed by atoms with E-state index >= 15 is 0 Å². The molecule has 0 unspecified atom stereocenters. The average Bonchev–Trinajstić information content (AvgIpc) is 2.23. The van der Waals surface area contributed by atoms with Crippen LogP contribution >= 0.6 is 0 Å². The van der Waals surface area contributed by atoms with E-state index in [2.05, 4.69) is 53.5 Å². The Labute approximate surface area is 89.5 Å². The van der Waals surface area contributed by atoms with Crippen molar-refractivity contribution in [2.75, 3.05) is 26.8 Å². The fourth-order valence-corrected chi connectivity index (χ4v) is 2.23. The maximum atomic E-state index is 2.61. The standard InChI is InChI=1S/C12H27N2/c1-8-14(7)10-13(11(2,3)4)9-12(14,5)6/h8-10H2,1-7H3/q+1/t14-/m0/s1. The molecule has 0 radical (unpaired) electrons. The highest BCUT2D eigenvalue weighted by Crippen LogP contribution is 2.34. The van der Waals surface area contributed by atoms with Gasteiger partial charge in [-0.15, -0.1) is 0 Å². The molecule has 1 fully saturated rings. The largest absolute Gasteiger partial charge is 0.308 e. The minimum atomic E-state index is 0.308. The van der Waals surface area contributed by atoms with Gasteiger partial charge in [0.1, 0.15) is 12.2 Å². The molecule has 1 atom stereocenters. The molecule has 0 saturated carbocycles. The maximum absolute atomic E-state index is 2.61. The van der Waals surface area contributed by atoms with E-state index in [4.69, 9.17) is 0 Å². The van der Waals surface area contributed by atoms with E-state index in [-0.39, 0.29) is 0 Å². The number of nitrogens with zero attached hydrogens (tertiary/aromatic N) is 2. The Morgan fingerprint density at radius 3 is 2.00 bits per heavy atom. The van der Waals surface area contributed by atoms with Crippen LogP contribution in [-0.2, 0) is 0 Å². The van der Waals surface area contributed by atoms with Crippen LogP contribution in [0.2, 0.25) is 0 Å². The number of hydrogen-bond acceptors (Lipinski definition) is 1. The van der Waals surface area contributed by atoms with Crippen LogP contribution in [0.15, 0.2) is 0 Å². The summed E-state index contributed by atoms with van der Waals surface area (Å²) in [6.45, 7) is 17.6. The molecule has 0 spiro atoms. The first kappa shape index (κ1) is 12.0. The zero-order valence-electron chi connectivity index (χ0n) is 11.0. The molecule has 0 aromatic rings. The van der Waals surface area contributed by atoms with Gasteiger partial charge in [-0.1, -0.05) is 0 Å². The summed E-state index contributed by atoms with van der Waals surface area (Å²) in [5.74, 6) is 0. The molecule has 1 aliphatic heterocycles. The molecule has 84 valence electrons. The number of quaternary nitrogens is 1. The number of likely N-dealkylation sites (N-methyl/N-ethyl adjacent to an activating group) is 1. The Bertz CT molecular complexity index is 215. The van der Waals surface area contributed by atoms with Crippen molar-refractivity contribution in [1.29, 1.82) is 0 Å². The quantitative estimate of drug-likeness (QED) is 0.586. The minimum absolute atomic E-state index is 0.308. The van der Waals surface area contributed by atoms with Gasteiger partial charge in [-0.25, -0.2) is 4.90 Å². The summed E-state index contributed by atoms with van der Waals surface area (Å²) in [5, 5.41) is 0. The summed E-state index contributed by atoms with van der Waals surface area (Å²) < 4.78 is 1.17. The lowest BCUT2D eigenvalue weighted by Gasteiger charge is -2.40. The summed E-state index contributed by atoms with van der Waals surface area (Å²) in [5.41, 5.74) is 0.699. The zero-order valence-corrected chi connectivity index (χ0v) is 11.0. The van der Waals surface area contributed by atoms with Crippen LogP contribution in [0.3, 0.4) is 0 Å². The van der Waals surface area contributed by atoms with Gasteiger partial charge in [0.15, 0.2) is 0 Å². The minimum Gasteiger partial charge on any atom is -0.308 e. The van der Waals surface area contributed by atoms with Gasteiger partial charge in [-0.05, 0) is 41.5 Å². The molecular weight excluding hydrogens is 172 g/mol. The van der Waals surface area contributed by atoms with Gasteiger partial charge in [0.2, 0.25) is 0 Å². The smallest absolute Gasteiger partial charge is 0.135 e. The van der Waals surface area contributed by atoms with Crippen molar-refractivity contribution in [3.8, 4) is 0 Å². The highest BCUT2D eigenvalue weighted by atomic mass is 15.5. The van der Waals surface area contributed by atoms with Gasteiger partial charge in [-0.2, -0.15) is 0 Å². The van der Waals surface area contributed by atoms with Gasteiger partial charge in [0, 0.05) is 5.54 Å². The second-order valence-electron chi connectivity index (χ2n) is 6.53. The van der Waals surface area contributed by atoms with Crippen molar-refractivity contribution in [2.24, 2.45) is 0 Å². The van der Waals surface area contributed by atoms with Gasteiger partial charge in [0.25, 0.3) is 0 Å². The predicted molar refractivity (Wildman–Crippen MR) is 62.1 cm³/mol. The third-order valence-electron chi connectivity index (χ3n) is 4.17. The van der Waals surface area contributed by atoms with Crippen LogP contribution in [0.25, 0.3) is 0 Å². The lowest BCUT2D eigenvalue weighted by molar-refractivity contribution is -0.943. The van der Waals surface area contributed by atoms with Crippen LogP contribution < -0.4 is 0 Å². The maximum Gasteiger partial charge on any atom is 0.135 e. The van der Waals surface area contributed by atoms with Crippen molar-refractivity contribution in [2.45, 2.75) is 52.6 Å². The topological polar surface area (TPSA) is 3.24 Å². The van der Waals surface area contributed by atoms with E-state index in [1.807, 2.05) is 0 Å². The fraction of sp³-hybridized carbons (Fsp3) is 1.00. The third kappa shape index (κ3) is 1.82. The van der Waals surface area contributed by atoms with Crippen molar-refractivity contribution in [3.05, 3.63) is 0 Å². The molecule has 0 amide bonds.